The zero-order chi connectivity index (χ0) is 30.2. The van der Waals surface area contributed by atoms with E-state index in [1.807, 2.05) is 30.3 Å². The van der Waals surface area contributed by atoms with E-state index in [0.29, 0.717) is 17.5 Å². The fourth-order valence-corrected chi connectivity index (χ4v) is 8.02. The van der Waals surface area contributed by atoms with Gasteiger partial charge in [0.05, 0.1) is 0 Å². The highest BCUT2D eigenvalue weighted by Gasteiger charge is 2.19. The number of aromatic nitrogens is 3. The normalized spacial score (nSPS) is 11.9. The highest BCUT2D eigenvalue weighted by molar-refractivity contribution is 7.26. The van der Waals surface area contributed by atoms with Crippen LogP contribution in [0.3, 0.4) is 0 Å². The number of thiophene rings is 1. The van der Waals surface area contributed by atoms with Gasteiger partial charge in [0.25, 0.3) is 0 Å². The quantitative estimate of drug-likeness (QED) is 0.188. The van der Waals surface area contributed by atoms with Crippen LogP contribution < -0.4 is 0 Å². The van der Waals surface area contributed by atoms with Crippen LogP contribution in [0.15, 0.2) is 144 Å². The second-order valence-corrected chi connectivity index (χ2v) is 12.6. The van der Waals surface area contributed by atoms with Gasteiger partial charge in [-0.25, -0.2) is 15.0 Å². The summed E-state index contributed by atoms with van der Waals surface area (Å²) < 4.78 is 8.87. The smallest absolute Gasteiger partial charge is 0.165 e. The third kappa shape index (κ3) is 3.76. The number of para-hydroxylation sites is 1. The second kappa shape index (κ2) is 9.80. The van der Waals surface area contributed by atoms with Crippen LogP contribution in [0.4, 0.5) is 0 Å². The first kappa shape index (κ1) is 25.4. The molecule has 0 aliphatic carbocycles. The lowest BCUT2D eigenvalue weighted by atomic mass is 9.95. The maximum atomic E-state index is 6.44. The van der Waals surface area contributed by atoms with E-state index in [-0.39, 0.29) is 0 Å². The lowest BCUT2D eigenvalue weighted by Crippen LogP contribution is -2.00. The second-order valence-electron chi connectivity index (χ2n) is 11.6. The molecular formula is C41H23N3OS. The number of benzene rings is 7. The third-order valence-electron chi connectivity index (χ3n) is 8.92. The van der Waals surface area contributed by atoms with Crippen molar-refractivity contribution in [3.05, 3.63) is 140 Å². The molecule has 0 aliphatic heterocycles. The molecule has 0 aliphatic rings. The number of fused-ring (bicyclic) bond motifs is 11. The standard InChI is InChI=1S/C41H23N3OS/c1-2-11-24(12-3-1)39-42-40(44-41(43-39)32-18-10-17-30-27-14-7-9-20-35(27)46-38(30)32)25-21-22-28-33(23-25)26-13-4-5-15-29(26)37-36(28)31-16-6-8-19-34(31)45-37/h1-23H. The first-order valence-electron chi connectivity index (χ1n) is 15.3. The van der Waals surface area contributed by atoms with E-state index >= 15 is 0 Å². The molecule has 4 nitrogen and oxygen atoms in total. The molecule has 214 valence electrons. The summed E-state index contributed by atoms with van der Waals surface area (Å²) >= 11 is 1.78. The Morgan fingerprint density at radius 3 is 1.98 bits per heavy atom. The molecule has 7 aromatic carbocycles. The van der Waals surface area contributed by atoms with Crippen LogP contribution in [0.5, 0.6) is 0 Å². The Hall–Kier alpha value is -5.91. The van der Waals surface area contributed by atoms with Gasteiger partial charge in [0.15, 0.2) is 17.5 Å². The van der Waals surface area contributed by atoms with E-state index in [1.165, 1.54) is 20.2 Å². The van der Waals surface area contributed by atoms with Crippen molar-refractivity contribution in [2.45, 2.75) is 0 Å². The van der Waals surface area contributed by atoms with Crippen LogP contribution in [0, 0.1) is 0 Å². The zero-order valence-corrected chi connectivity index (χ0v) is 25.3. The summed E-state index contributed by atoms with van der Waals surface area (Å²) in [5.74, 6) is 1.97. The summed E-state index contributed by atoms with van der Waals surface area (Å²) in [6.45, 7) is 0. The minimum absolute atomic E-state index is 0.644. The fraction of sp³-hybridized carbons (Fsp3) is 0. The Bertz CT molecular complexity index is 2820. The Balaban J connectivity index is 1.26. The number of furan rings is 1. The molecule has 5 heteroatoms. The van der Waals surface area contributed by atoms with Gasteiger partial charge in [0, 0.05) is 53.0 Å². The van der Waals surface area contributed by atoms with Crippen molar-refractivity contribution in [3.63, 3.8) is 0 Å². The predicted molar refractivity (Wildman–Crippen MR) is 191 cm³/mol. The topological polar surface area (TPSA) is 51.8 Å². The van der Waals surface area contributed by atoms with E-state index in [0.717, 1.165) is 60.2 Å². The Kier molecular flexibility index (Phi) is 5.41. The predicted octanol–water partition coefficient (Wildman–Crippen LogP) is 11.4. The fourth-order valence-electron chi connectivity index (χ4n) is 6.81. The van der Waals surface area contributed by atoms with E-state index in [4.69, 9.17) is 19.4 Å². The molecule has 10 rings (SSSR count). The molecule has 0 amide bonds. The van der Waals surface area contributed by atoms with Crippen molar-refractivity contribution >= 4 is 75.0 Å². The van der Waals surface area contributed by atoms with Gasteiger partial charge in [-0.3, -0.25) is 0 Å². The summed E-state index contributed by atoms with van der Waals surface area (Å²) in [6, 6.07) is 48.4. The van der Waals surface area contributed by atoms with Gasteiger partial charge in [-0.05, 0) is 40.4 Å². The summed E-state index contributed by atoms with van der Waals surface area (Å²) in [6.07, 6.45) is 0. The molecule has 0 unspecified atom stereocenters. The van der Waals surface area contributed by atoms with Crippen LogP contribution in [0.2, 0.25) is 0 Å². The van der Waals surface area contributed by atoms with Crippen molar-refractivity contribution in [2.75, 3.05) is 0 Å². The van der Waals surface area contributed by atoms with Gasteiger partial charge in [-0.1, -0.05) is 115 Å². The van der Waals surface area contributed by atoms with Crippen LogP contribution in [-0.4, -0.2) is 15.0 Å². The molecule has 0 fully saturated rings. The largest absolute Gasteiger partial charge is 0.455 e. The molecule has 10 aromatic rings. The van der Waals surface area contributed by atoms with E-state index < -0.39 is 0 Å². The highest BCUT2D eigenvalue weighted by Crippen LogP contribution is 2.43. The number of hydrogen-bond acceptors (Lipinski definition) is 5. The highest BCUT2D eigenvalue weighted by atomic mass is 32.1. The van der Waals surface area contributed by atoms with Crippen molar-refractivity contribution in [2.24, 2.45) is 0 Å². The Morgan fingerprint density at radius 1 is 0.435 bits per heavy atom. The summed E-state index contributed by atoms with van der Waals surface area (Å²) in [5, 5.41) is 9.24. The molecular weight excluding hydrogens is 583 g/mol. The number of hydrogen-bond donors (Lipinski definition) is 0. The number of nitrogens with zero attached hydrogens (tertiary/aromatic N) is 3. The maximum absolute atomic E-state index is 6.44. The average molecular weight is 606 g/mol. The number of rotatable bonds is 3. The van der Waals surface area contributed by atoms with Gasteiger partial charge < -0.3 is 4.42 Å². The zero-order valence-electron chi connectivity index (χ0n) is 24.4. The van der Waals surface area contributed by atoms with Gasteiger partial charge in [0.2, 0.25) is 0 Å². The summed E-state index contributed by atoms with van der Waals surface area (Å²) in [5.41, 5.74) is 4.71. The third-order valence-corrected chi connectivity index (χ3v) is 10.1. The lowest BCUT2D eigenvalue weighted by molar-refractivity contribution is 0.673. The maximum Gasteiger partial charge on any atom is 0.165 e. The van der Waals surface area contributed by atoms with Crippen LogP contribution >= 0.6 is 11.3 Å². The Morgan fingerprint density at radius 2 is 1.11 bits per heavy atom. The molecule has 0 saturated carbocycles. The summed E-state index contributed by atoms with van der Waals surface area (Å²) in [7, 11) is 0. The Labute approximate surface area is 267 Å². The van der Waals surface area contributed by atoms with E-state index in [1.54, 1.807) is 11.3 Å². The van der Waals surface area contributed by atoms with E-state index in [9.17, 15) is 0 Å². The minimum atomic E-state index is 0.644. The monoisotopic (exact) mass is 605 g/mol. The molecule has 0 atom stereocenters. The van der Waals surface area contributed by atoms with Gasteiger partial charge in [0.1, 0.15) is 11.2 Å². The van der Waals surface area contributed by atoms with Gasteiger partial charge in [-0.15, -0.1) is 11.3 Å². The minimum Gasteiger partial charge on any atom is -0.455 e. The molecule has 0 radical (unpaired) electrons. The summed E-state index contributed by atoms with van der Waals surface area (Å²) in [4.78, 5) is 15.3. The van der Waals surface area contributed by atoms with Crippen LogP contribution in [0.25, 0.3) is 97.8 Å². The van der Waals surface area contributed by atoms with E-state index in [2.05, 4.69) is 109 Å². The first-order valence-corrected chi connectivity index (χ1v) is 16.1. The molecule has 0 N–H and O–H groups in total. The van der Waals surface area contributed by atoms with Gasteiger partial charge >= 0.3 is 0 Å². The van der Waals surface area contributed by atoms with Crippen LogP contribution in [-0.2, 0) is 0 Å². The van der Waals surface area contributed by atoms with Gasteiger partial charge in [-0.2, -0.15) is 0 Å². The average Bonchev–Trinajstić information content (AvgIpc) is 3.71. The molecule has 46 heavy (non-hydrogen) atoms. The molecule has 0 saturated heterocycles. The molecule has 0 spiro atoms. The lowest BCUT2D eigenvalue weighted by Gasteiger charge is -2.11. The van der Waals surface area contributed by atoms with Crippen molar-refractivity contribution in [1.82, 2.24) is 15.0 Å². The van der Waals surface area contributed by atoms with Crippen molar-refractivity contribution in [3.8, 4) is 34.2 Å². The molecule has 3 aromatic heterocycles. The van der Waals surface area contributed by atoms with Crippen LogP contribution in [0.1, 0.15) is 0 Å². The van der Waals surface area contributed by atoms with Crippen molar-refractivity contribution < 1.29 is 4.42 Å². The molecule has 3 heterocycles. The first-order chi connectivity index (χ1) is 22.8. The van der Waals surface area contributed by atoms with Crippen molar-refractivity contribution in [1.29, 1.82) is 0 Å². The SMILES string of the molecule is c1ccc(-c2nc(-c3ccc4c(c3)c3ccccc3c3oc5ccccc5c43)nc(-c3cccc4c3sc3ccccc34)n2)cc1. The molecule has 0 bridgehead atoms.